The number of rotatable bonds is 2. The van der Waals surface area contributed by atoms with E-state index in [9.17, 15) is 4.79 Å². The van der Waals surface area contributed by atoms with Gasteiger partial charge in [0.2, 0.25) is 5.96 Å². The third kappa shape index (κ3) is 6.22. The first-order valence-electron chi connectivity index (χ1n) is 7.38. The number of hydrogen-bond acceptors (Lipinski definition) is 3. The molecule has 0 fully saturated rings. The molecule has 2 aromatic carbocycles. The number of anilines is 1. The predicted octanol–water partition coefficient (Wildman–Crippen LogP) is 4.31. The highest BCUT2D eigenvalue weighted by atomic mass is 16.6. The number of para-hydroxylation sites is 2. The molecule has 0 saturated carbocycles. The summed E-state index contributed by atoms with van der Waals surface area (Å²) in [6, 6.07) is 18.9. The summed E-state index contributed by atoms with van der Waals surface area (Å²) in [5.74, 6) is 0.302. The largest absolute Gasteiger partial charge is 0.444 e. The fourth-order valence-electron chi connectivity index (χ4n) is 1.78. The molecule has 0 radical (unpaired) electrons. The zero-order chi connectivity index (χ0) is 16.7. The van der Waals surface area contributed by atoms with E-state index in [4.69, 9.17) is 4.74 Å². The van der Waals surface area contributed by atoms with Crippen molar-refractivity contribution < 1.29 is 9.53 Å². The minimum Gasteiger partial charge on any atom is -0.444 e. The first kappa shape index (κ1) is 16.5. The molecule has 120 valence electrons. The molecule has 0 aliphatic heterocycles. The van der Waals surface area contributed by atoms with E-state index in [1.54, 1.807) is 0 Å². The van der Waals surface area contributed by atoms with Gasteiger partial charge in [-0.25, -0.2) is 9.79 Å². The summed E-state index contributed by atoms with van der Waals surface area (Å²) in [6.45, 7) is 5.43. The van der Waals surface area contributed by atoms with Gasteiger partial charge in [-0.15, -0.1) is 0 Å². The fourth-order valence-corrected chi connectivity index (χ4v) is 1.78. The molecule has 5 heteroatoms. The Morgan fingerprint density at radius 1 is 0.957 bits per heavy atom. The van der Waals surface area contributed by atoms with Crippen molar-refractivity contribution in [3.05, 3.63) is 60.7 Å². The van der Waals surface area contributed by atoms with Gasteiger partial charge in [0.1, 0.15) is 5.60 Å². The third-order valence-corrected chi connectivity index (χ3v) is 2.65. The summed E-state index contributed by atoms with van der Waals surface area (Å²) in [4.78, 5) is 16.4. The van der Waals surface area contributed by atoms with E-state index < -0.39 is 11.7 Å². The second kappa shape index (κ2) is 7.45. The van der Waals surface area contributed by atoms with Gasteiger partial charge in [-0.05, 0) is 45.0 Å². The lowest BCUT2D eigenvalue weighted by Gasteiger charge is -2.20. The lowest BCUT2D eigenvalue weighted by atomic mass is 10.2. The van der Waals surface area contributed by atoms with Gasteiger partial charge in [0.25, 0.3) is 0 Å². The lowest BCUT2D eigenvalue weighted by Crippen LogP contribution is -2.39. The van der Waals surface area contributed by atoms with E-state index in [0.717, 1.165) is 11.4 Å². The Hall–Kier alpha value is -2.82. The number of carbonyl (C=O) groups is 1. The lowest BCUT2D eigenvalue weighted by molar-refractivity contribution is 0.0563. The second-order valence-corrected chi connectivity index (χ2v) is 5.91. The van der Waals surface area contributed by atoms with Crippen LogP contribution in [0, 0.1) is 0 Å². The van der Waals surface area contributed by atoms with Crippen LogP contribution in [0.15, 0.2) is 65.7 Å². The Labute approximate surface area is 136 Å². The molecule has 2 N–H and O–H groups in total. The first-order chi connectivity index (χ1) is 10.9. The highest BCUT2D eigenvalue weighted by molar-refractivity contribution is 6.03. The molecule has 0 aliphatic rings. The van der Waals surface area contributed by atoms with Crippen molar-refractivity contribution in [3.63, 3.8) is 0 Å². The standard InChI is InChI=1S/C18H21N3O2/c1-18(2,3)23-17(22)21-16(19-14-10-6-4-7-11-14)20-15-12-8-5-9-13-15/h4-13H,1-3H3,(H2,19,20,21,22). The van der Waals surface area contributed by atoms with Crippen LogP contribution in [0.2, 0.25) is 0 Å². The molecule has 0 spiro atoms. The highest BCUT2D eigenvalue weighted by Crippen LogP contribution is 2.12. The Morgan fingerprint density at radius 2 is 1.52 bits per heavy atom. The van der Waals surface area contributed by atoms with Crippen molar-refractivity contribution in [2.24, 2.45) is 4.99 Å². The number of benzene rings is 2. The minimum atomic E-state index is -0.575. The number of hydrogen-bond donors (Lipinski definition) is 2. The number of amides is 1. The molecule has 5 nitrogen and oxygen atoms in total. The van der Waals surface area contributed by atoms with Gasteiger partial charge in [-0.2, -0.15) is 0 Å². The molecule has 0 bridgehead atoms. The third-order valence-electron chi connectivity index (χ3n) is 2.65. The van der Waals surface area contributed by atoms with Gasteiger partial charge in [-0.3, -0.25) is 5.32 Å². The van der Waals surface area contributed by atoms with Crippen LogP contribution in [-0.2, 0) is 4.74 Å². The van der Waals surface area contributed by atoms with Gasteiger partial charge in [0.15, 0.2) is 0 Å². The first-order valence-corrected chi connectivity index (χ1v) is 7.38. The van der Waals surface area contributed by atoms with Gasteiger partial charge < -0.3 is 10.1 Å². The van der Waals surface area contributed by atoms with Crippen molar-refractivity contribution in [1.82, 2.24) is 5.32 Å². The van der Waals surface area contributed by atoms with Gasteiger partial charge in [0, 0.05) is 5.69 Å². The number of alkyl carbamates (subject to hydrolysis) is 1. The van der Waals surface area contributed by atoms with Crippen LogP contribution >= 0.6 is 0 Å². The molecule has 2 aromatic rings. The Kier molecular flexibility index (Phi) is 5.36. The SMILES string of the molecule is CC(C)(C)OC(=O)NC(=Nc1ccccc1)Nc1ccccc1. The molecule has 0 saturated heterocycles. The summed E-state index contributed by atoms with van der Waals surface area (Å²) in [5, 5.41) is 5.73. The summed E-state index contributed by atoms with van der Waals surface area (Å²) < 4.78 is 5.27. The zero-order valence-electron chi connectivity index (χ0n) is 13.5. The van der Waals surface area contributed by atoms with Crippen molar-refractivity contribution in [1.29, 1.82) is 0 Å². The van der Waals surface area contributed by atoms with Crippen molar-refractivity contribution >= 4 is 23.4 Å². The van der Waals surface area contributed by atoms with E-state index in [1.807, 2.05) is 81.4 Å². The molecular formula is C18H21N3O2. The molecule has 2 rings (SSSR count). The molecule has 1 amide bonds. The average molecular weight is 311 g/mol. The number of ether oxygens (including phenoxy) is 1. The summed E-state index contributed by atoms with van der Waals surface area (Å²) in [6.07, 6.45) is -0.560. The van der Waals surface area contributed by atoms with Crippen molar-refractivity contribution in [2.45, 2.75) is 26.4 Å². The van der Waals surface area contributed by atoms with Crippen LogP contribution in [0.5, 0.6) is 0 Å². The highest BCUT2D eigenvalue weighted by Gasteiger charge is 2.17. The number of aliphatic imine (C=N–C) groups is 1. The monoisotopic (exact) mass is 311 g/mol. The predicted molar refractivity (Wildman–Crippen MR) is 93.0 cm³/mol. The topological polar surface area (TPSA) is 62.7 Å². The zero-order valence-corrected chi connectivity index (χ0v) is 13.5. The van der Waals surface area contributed by atoms with E-state index >= 15 is 0 Å². The van der Waals surface area contributed by atoms with Crippen LogP contribution in [0.25, 0.3) is 0 Å². The number of nitrogens with zero attached hydrogens (tertiary/aromatic N) is 1. The molecule has 23 heavy (non-hydrogen) atoms. The molecular weight excluding hydrogens is 290 g/mol. The summed E-state index contributed by atoms with van der Waals surface area (Å²) in [5.41, 5.74) is 0.967. The van der Waals surface area contributed by atoms with E-state index in [2.05, 4.69) is 15.6 Å². The van der Waals surface area contributed by atoms with E-state index in [-0.39, 0.29) is 0 Å². The van der Waals surface area contributed by atoms with Gasteiger partial charge >= 0.3 is 6.09 Å². The van der Waals surface area contributed by atoms with E-state index in [1.165, 1.54) is 0 Å². The minimum absolute atomic E-state index is 0.302. The van der Waals surface area contributed by atoms with Crippen LogP contribution in [0.3, 0.4) is 0 Å². The van der Waals surface area contributed by atoms with Gasteiger partial charge in [0.05, 0.1) is 5.69 Å². The maximum absolute atomic E-state index is 12.0. The Bertz CT molecular complexity index is 662. The summed E-state index contributed by atoms with van der Waals surface area (Å²) in [7, 11) is 0. The molecule has 0 unspecified atom stereocenters. The Balaban J connectivity index is 2.18. The molecule has 0 heterocycles. The fraction of sp³-hybridized carbons (Fsp3) is 0.222. The molecule has 0 atom stereocenters. The summed E-state index contributed by atoms with van der Waals surface area (Å²) >= 11 is 0. The molecule has 0 aromatic heterocycles. The normalized spacial score (nSPS) is 11.7. The van der Waals surface area contributed by atoms with E-state index in [0.29, 0.717) is 5.96 Å². The second-order valence-electron chi connectivity index (χ2n) is 5.91. The number of nitrogens with one attached hydrogen (secondary N) is 2. The maximum Gasteiger partial charge on any atom is 0.414 e. The Morgan fingerprint density at radius 3 is 2.09 bits per heavy atom. The van der Waals surface area contributed by atoms with Crippen molar-refractivity contribution in [2.75, 3.05) is 5.32 Å². The van der Waals surface area contributed by atoms with Crippen LogP contribution < -0.4 is 10.6 Å². The number of carbonyl (C=O) groups excluding carboxylic acids is 1. The molecule has 0 aliphatic carbocycles. The van der Waals surface area contributed by atoms with Crippen LogP contribution in [0.4, 0.5) is 16.2 Å². The smallest absolute Gasteiger partial charge is 0.414 e. The van der Waals surface area contributed by atoms with Crippen LogP contribution in [-0.4, -0.2) is 17.7 Å². The quantitative estimate of drug-likeness (QED) is 0.641. The van der Waals surface area contributed by atoms with Crippen LogP contribution in [0.1, 0.15) is 20.8 Å². The van der Waals surface area contributed by atoms with Crippen molar-refractivity contribution in [3.8, 4) is 0 Å². The maximum atomic E-state index is 12.0. The average Bonchev–Trinajstić information content (AvgIpc) is 2.47. The van der Waals surface area contributed by atoms with Gasteiger partial charge in [-0.1, -0.05) is 36.4 Å². The number of guanidine groups is 1.